The van der Waals surface area contributed by atoms with Crippen molar-refractivity contribution in [3.63, 3.8) is 0 Å². The number of fused-ring (bicyclic) bond motifs is 1. The number of benzene rings is 2. The Kier molecular flexibility index (Phi) is 5.50. The molecule has 5 rings (SSSR count). The third kappa shape index (κ3) is 4.04. The molecule has 1 N–H and O–H groups in total. The van der Waals surface area contributed by atoms with Gasteiger partial charge in [-0.15, -0.1) is 11.8 Å². The van der Waals surface area contributed by atoms with Gasteiger partial charge >= 0.3 is 0 Å². The Morgan fingerprint density at radius 2 is 1.70 bits per heavy atom. The molecule has 1 atom stereocenters. The number of rotatable bonds is 3. The number of nitrogens with one attached hydrogen (secondary N) is 1. The van der Waals surface area contributed by atoms with Gasteiger partial charge in [0, 0.05) is 22.5 Å². The van der Waals surface area contributed by atoms with Gasteiger partial charge in [-0.3, -0.25) is 4.79 Å². The van der Waals surface area contributed by atoms with Crippen molar-refractivity contribution in [1.29, 1.82) is 0 Å². The zero-order valence-electron chi connectivity index (χ0n) is 19.1. The highest BCUT2D eigenvalue weighted by Crippen LogP contribution is 2.47. The third-order valence-corrected chi connectivity index (χ3v) is 6.99. The van der Waals surface area contributed by atoms with Crippen LogP contribution in [0.1, 0.15) is 38.9 Å². The summed E-state index contributed by atoms with van der Waals surface area (Å²) in [5, 5.41) is 8.03. The van der Waals surface area contributed by atoms with Crippen LogP contribution in [0.15, 0.2) is 54.6 Å². The van der Waals surface area contributed by atoms with Crippen LogP contribution in [0.4, 0.5) is 5.82 Å². The number of thioether (sulfide) groups is 1. The van der Waals surface area contributed by atoms with Crippen LogP contribution in [-0.2, 0) is 4.79 Å². The van der Waals surface area contributed by atoms with Crippen molar-refractivity contribution in [2.45, 2.75) is 32.9 Å². The SMILES string of the molecule is Cc1ccc(C2SCC(=O)Nc3c2c(-c2ccccc2)nn3-c2nc(C)cc(C)n2)c(C)c1. The fourth-order valence-electron chi connectivity index (χ4n) is 4.33. The first-order chi connectivity index (χ1) is 15.9. The molecule has 0 radical (unpaired) electrons. The molecular weight excluding hydrogens is 430 g/mol. The van der Waals surface area contributed by atoms with E-state index in [1.54, 1.807) is 16.4 Å². The number of amides is 1. The van der Waals surface area contributed by atoms with Gasteiger partial charge in [0.2, 0.25) is 5.91 Å². The van der Waals surface area contributed by atoms with Gasteiger partial charge in [0.15, 0.2) is 0 Å². The van der Waals surface area contributed by atoms with Gasteiger partial charge in [0.1, 0.15) is 5.82 Å². The van der Waals surface area contributed by atoms with Gasteiger partial charge in [-0.05, 0) is 44.9 Å². The Morgan fingerprint density at radius 3 is 2.39 bits per heavy atom. The summed E-state index contributed by atoms with van der Waals surface area (Å²) in [5.41, 5.74) is 8.09. The number of hydrogen-bond donors (Lipinski definition) is 1. The summed E-state index contributed by atoms with van der Waals surface area (Å²) in [5.74, 6) is 1.39. The zero-order valence-corrected chi connectivity index (χ0v) is 19.9. The second-order valence-electron chi connectivity index (χ2n) is 8.44. The van der Waals surface area contributed by atoms with Crippen LogP contribution in [0.5, 0.6) is 0 Å². The molecule has 166 valence electrons. The number of carbonyl (C=O) groups is 1. The molecule has 2 aromatic carbocycles. The lowest BCUT2D eigenvalue weighted by Gasteiger charge is -2.19. The minimum Gasteiger partial charge on any atom is -0.309 e. The van der Waals surface area contributed by atoms with Crippen molar-refractivity contribution in [2.24, 2.45) is 0 Å². The predicted octanol–water partition coefficient (Wildman–Crippen LogP) is 5.34. The van der Waals surface area contributed by atoms with Crippen molar-refractivity contribution in [3.8, 4) is 17.2 Å². The van der Waals surface area contributed by atoms with Crippen molar-refractivity contribution >= 4 is 23.5 Å². The molecule has 2 aromatic heterocycles. The lowest BCUT2D eigenvalue weighted by atomic mass is 9.96. The Hall–Kier alpha value is -3.45. The maximum absolute atomic E-state index is 12.8. The molecule has 6 nitrogen and oxygen atoms in total. The molecule has 7 heteroatoms. The van der Waals surface area contributed by atoms with Gasteiger partial charge < -0.3 is 5.32 Å². The van der Waals surface area contributed by atoms with Gasteiger partial charge in [-0.1, -0.05) is 54.1 Å². The molecule has 0 fully saturated rings. The van der Waals surface area contributed by atoms with Gasteiger partial charge in [-0.2, -0.15) is 9.78 Å². The summed E-state index contributed by atoms with van der Waals surface area (Å²) in [7, 11) is 0. The molecule has 33 heavy (non-hydrogen) atoms. The Labute approximate surface area is 197 Å². The summed E-state index contributed by atoms with van der Waals surface area (Å²) in [6.07, 6.45) is 0. The van der Waals surface area contributed by atoms with Crippen LogP contribution >= 0.6 is 11.8 Å². The highest BCUT2D eigenvalue weighted by molar-refractivity contribution is 8.00. The number of hydrogen-bond acceptors (Lipinski definition) is 5. The molecule has 0 spiro atoms. The Balaban J connectivity index is 1.82. The largest absolute Gasteiger partial charge is 0.309 e. The van der Waals surface area contributed by atoms with E-state index in [4.69, 9.17) is 5.10 Å². The van der Waals surface area contributed by atoms with Gasteiger partial charge in [-0.25, -0.2) is 9.97 Å². The summed E-state index contributed by atoms with van der Waals surface area (Å²) in [4.78, 5) is 22.1. The molecular formula is C26H25N5OS. The second kappa shape index (κ2) is 8.48. The fraction of sp³-hybridized carbons (Fsp3) is 0.231. The van der Waals surface area contributed by atoms with Gasteiger partial charge in [0.25, 0.3) is 5.95 Å². The van der Waals surface area contributed by atoms with E-state index in [0.717, 1.165) is 28.2 Å². The maximum atomic E-state index is 12.8. The predicted molar refractivity (Wildman–Crippen MR) is 133 cm³/mol. The van der Waals surface area contributed by atoms with Crippen LogP contribution < -0.4 is 5.32 Å². The molecule has 1 unspecified atom stereocenters. The van der Waals surface area contributed by atoms with E-state index in [9.17, 15) is 4.79 Å². The average molecular weight is 456 g/mol. The molecule has 0 saturated carbocycles. The summed E-state index contributed by atoms with van der Waals surface area (Å²) < 4.78 is 1.69. The summed E-state index contributed by atoms with van der Waals surface area (Å²) in [6, 6.07) is 18.5. The number of aryl methyl sites for hydroxylation is 4. The van der Waals surface area contributed by atoms with Crippen molar-refractivity contribution < 1.29 is 4.79 Å². The van der Waals surface area contributed by atoms with E-state index in [2.05, 4.69) is 47.3 Å². The van der Waals surface area contributed by atoms with E-state index in [-0.39, 0.29) is 11.2 Å². The lowest BCUT2D eigenvalue weighted by molar-refractivity contribution is -0.113. The summed E-state index contributed by atoms with van der Waals surface area (Å²) in [6.45, 7) is 8.09. The fourth-order valence-corrected chi connectivity index (χ4v) is 5.55. The van der Waals surface area contributed by atoms with E-state index < -0.39 is 0 Å². The van der Waals surface area contributed by atoms with Crippen molar-refractivity contribution in [1.82, 2.24) is 19.7 Å². The Bertz CT molecular complexity index is 1340. The molecule has 0 saturated heterocycles. The van der Waals surface area contributed by atoms with Crippen LogP contribution in [-0.4, -0.2) is 31.4 Å². The van der Waals surface area contributed by atoms with Crippen LogP contribution in [0.25, 0.3) is 17.2 Å². The van der Waals surface area contributed by atoms with E-state index in [0.29, 0.717) is 17.5 Å². The van der Waals surface area contributed by atoms with Crippen LogP contribution in [0.2, 0.25) is 0 Å². The summed E-state index contributed by atoms with van der Waals surface area (Å²) >= 11 is 1.63. The first-order valence-electron chi connectivity index (χ1n) is 10.9. The lowest BCUT2D eigenvalue weighted by Crippen LogP contribution is -2.17. The normalized spacial score (nSPS) is 15.6. The van der Waals surface area contributed by atoms with Crippen molar-refractivity contribution in [2.75, 3.05) is 11.1 Å². The monoisotopic (exact) mass is 455 g/mol. The topological polar surface area (TPSA) is 72.7 Å². The standard InChI is InChI=1S/C26H25N5OS/c1-15-10-11-20(16(2)12-15)24-22-23(19-8-6-5-7-9-19)30-31(25(22)29-21(32)14-33-24)26-27-17(3)13-18(4)28-26/h5-13,24H,14H2,1-4H3,(H,29,32). The highest BCUT2D eigenvalue weighted by atomic mass is 32.2. The molecule has 1 aliphatic heterocycles. The molecule has 4 aromatic rings. The van der Waals surface area contributed by atoms with E-state index >= 15 is 0 Å². The minimum absolute atomic E-state index is 0.0568. The Morgan fingerprint density at radius 1 is 0.970 bits per heavy atom. The maximum Gasteiger partial charge on any atom is 0.252 e. The van der Waals surface area contributed by atoms with E-state index in [1.165, 1.54) is 16.7 Å². The number of nitrogens with zero attached hydrogens (tertiary/aromatic N) is 4. The minimum atomic E-state index is -0.0607. The zero-order chi connectivity index (χ0) is 23.1. The number of carbonyl (C=O) groups excluding carboxylic acids is 1. The quantitative estimate of drug-likeness (QED) is 0.452. The molecule has 3 heterocycles. The smallest absolute Gasteiger partial charge is 0.252 e. The van der Waals surface area contributed by atoms with Crippen LogP contribution in [0, 0.1) is 27.7 Å². The molecule has 1 amide bonds. The first kappa shape index (κ1) is 21.4. The van der Waals surface area contributed by atoms with Crippen molar-refractivity contribution in [3.05, 3.63) is 88.2 Å². The molecule has 0 aliphatic carbocycles. The number of anilines is 1. The first-order valence-corrected chi connectivity index (χ1v) is 11.9. The van der Waals surface area contributed by atoms with Crippen LogP contribution in [0.3, 0.4) is 0 Å². The van der Waals surface area contributed by atoms with Gasteiger partial charge in [0.05, 0.1) is 16.7 Å². The van der Waals surface area contributed by atoms with E-state index in [1.807, 2.05) is 50.2 Å². The second-order valence-corrected chi connectivity index (χ2v) is 9.53. The highest BCUT2D eigenvalue weighted by Gasteiger charge is 2.33. The molecule has 0 bridgehead atoms. The molecule has 1 aliphatic rings. The number of aromatic nitrogens is 4. The third-order valence-electron chi connectivity index (χ3n) is 5.74. The average Bonchev–Trinajstić information content (AvgIpc) is 3.05.